The fourth-order valence-electron chi connectivity index (χ4n) is 1.45. The van der Waals surface area contributed by atoms with Crippen molar-refractivity contribution in [3.05, 3.63) is 60.7 Å². The molecular formula is C14H15O3PSe. The van der Waals surface area contributed by atoms with Crippen LogP contribution in [0, 0.1) is 0 Å². The Hall–Kier alpha value is -1.05. The van der Waals surface area contributed by atoms with Crippen molar-refractivity contribution in [2.45, 2.75) is 6.92 Å². The molecule has 0 aromatic heterocycles. The van der Waals surface area contributed by atoms with Crippen molar-refractivity contribution in [3.8, 4) is 11.5 Å². The van der Waals surface area contributed by atoms with E-state index < -0.39 is 6.19 Å². The van der Waals surface area contributed by atoms with Crippen molar-refractivity contribution in [2.75, 3.05) is 6.61 Å². The average molecular weight is 341 g/mol. The second-order valence-electron chi connectivity index (χ2n) is 3.67. The van der Waals surface area contributed by atoms with Crippen LogP contribution >= 0.6 is 6.19 Å². The zero-order chi connectivity index (χ0) is 13.6. The SMILES string of the molecule is CCOP(=[Se])(Oc1ccccc1)Oc1ccccc1. The van der Waals surface area contributed by atoms with Crippen LogP contribution in [0.4, 0.5) is 0 Å². The molecule has 2 aromatic carbocycles. The van der Waals surface area contributed by atoms with E-state index in [4.69, 9.17) is 13.6 Å². The molecule has 0 aliphatic carbocycles. The zero-order valence-electron chi connectivity index (χ0n) is 10.6. The molecule has 0 spiro atoms. The van der Waals surface area contributed by atoms with Gasteiger partial charge in [-0.15, -0.1) is 0 Å². The van der Waals surface area contributed by atoms with Gasteiger partial charge in [0.05, 0.1) is 0 Å². The molecule has 0 heterocycles. The number of hydrogen-bond donors (Lipinski definition) is 0. The predicted octanol–water partition coefficient (Wildman–Crippen LogP) is 4.03. The van der Waals surface area contributed by atoms with Gasteiger partial charge in [-0.1, -0.05) is 0 Å². The van der Waals surface area contributed by atoms with Crippen molar-refractivity contribution in [1.82, 2.24) is 0 Å². The third kappa shape index (κ3) is 4.52. The number of benzene rings is 2. The second-order valence-corrected chi connectivity index (χ2v) is 8.01. The first-order valence-electron chi connectivity index (χ1n) is 5.96. The van der Waals surface area contributed by atoms with Gasteiger partial charge in [-0.3, -0.25) is 0 Å². The van der Waals surface area contributed by atoms with Gasteiger partial charge in [0.25, 0.3) is 0 Å². The average Bonchev–Trinajstić information content (AvgIpc) is 2.41. The van der Waals surface area contributed by atoms with E-state index in [0.717, 1.165) is 11.5 Å². The van der Waals surface area contributed by atoms with E-state index in [2.05, 4.69) is 15.1 Å². The Morgan fingerprint density at radius 3 is 1.63 bits per heavy atom. The molecule has 0 atom stereocenters. The summed E-state index contributed by atoms with van der Waals surface area (Å²) in [5.41, 5.74) is 0. The van der Waals surface area contributed by atoms with Gasteiger partial charge < -0.3 is 0 Å². The Labute approximate surface area is 121 Å². The van der Waals surface area contributed by atoms with Crippen LogP contribution in [0.15, 0.2) is 60.7 Å². The molecule has 2 aromatic rings. The quantitative estimate of drug-likeness (QED) is 0.587. The van der Waals surface area contributed by atoms with Gasteiger partial charge >= 0.3 is 121 Å². The summed E-state index contributed by atoms with van der Waals surface area (Å²) >= 11 is 2.93. The van der Waals surface area contributed by atoms with Gasteiger partial charge in [0.2, 0.25) is 0 Å². The molecule has 19 heavy (non-hydrogen) atoms. The third-order valence-corrected chi connectivity index (χ3v) is 5.25. The summed E-state index contributed by atoms with van der Waals surface area (Å²) in [6, 6.07) is 19.0. The molecule has 100 valence electrons. The molecule has 5 heteroatoms. The van der Waals surface area contributed by atoms with Crippen LogP contribution < -0.4 is 9.05 Å². The van der Waals surface area contributed by atoms with E-state index in [1.165, 1.54) is 0 Å². The van der Waals surface area contributed by atoms with Gasteiger partial charge in [0.1, 0.15) is 0 Å². The molecule has 0 unspecified atom stereocenters. The minimum absolute atomic E-state index is 0.514. The van der Waals surface area contributed by atoms with Gasteiger partial charge in [-0.2, -0.15) is 0 Å². The molecule has 0 N–H and O–H groups in total. The third-order valence-electron chi connectivity index (χ3n) is 2.21. The van der Waals surface area contributed by atoms with Crippen LogP contribution in [0.2, 0.25) is 0 Å². The molecule has 3 nitrogen and oxygen atoms in total. The van der Waals surface area contributed by atoms with E-state index >= 15 is 0 Å². The molecule has 0 saturated carbocycles. The Bertz CT molecular complexity index is 500. The Morgan fingerprint density at radius 2 is 1.26 bits per heavy atom. The zero-order valence-corrected chi connectivity index (χ0v) is 13.2. The molecule has 0 radical (unpaired) electrons. The van der Waals surface area contributed by atoms with Crippen LogP contribution in [0.25, 0.3) is 0 Å². The molecule has 0 saturated heterocycles. The van der Waals surface area contributed by atoms with Crippen molar-refractivity contribution >= 4 is 21.3 Å². The van der Waals surface area contributed by atoms with Crippen LogP contribution in [0.3, 0.4) is 0 Å². The Morgan fingerprint density at radius 1 is 0.842 bits per heavy atom. The first kappa shape index (κ1) is 14.4. The maximum atomic E-state index is 5.86. The van der Waals surface area contributed by atoms with Crippen molar-refractivity contribution in [3.63, 3.8) is 0 Å². The molecule has 0 aliphatic rings. The standard InChI is InChI=1S/C14H15O3PSe/c1-2-15-18(19,16-13-9-5-3-6-10-13)17-14-11-7-4-8-12-14/h3-12H,2H2,1H3. The number of rotatable bonds is 6. The summed E-state index contributed by atoms with van der Waals surface area (Å²) < 4.78 is 17.4. The number of hydrogen-bond acceptors (Lipinski definition) is 3. The summed E-state index contributed by atoms with van der Waals surface area (Å²) in [5, 5.41) is 0. The van der Waals surface area contributed by atoms with Crippen LogP contribution in [-0.2, 0) is 4.52 Å². The monoisotopic (exact) mass is 342 g/mol. The molecular weight excluding hydrogens is 326 g/mol. The van der Waals surface area contributed by atoms with Crippen molar-refractivity contribution in [1.29, 1.82) is 0 Å². The van der Waals surface area contributed by atoms with Crippen LogP contribution in [-0.4, -0.2) is 21.7 Å². The first-order chi connectivity index (χ1) is 9.22. The summed E-state index contributed by atoms with van der Waals surface area (Å²) in [6.07, 6.45) is -2.54. The fraction of sp³-hybridized carbons (Fsp3) is 0.143. The van der Waals surface area contributed by atoms with Gasteiger partial charge in [-0.05, 0) is 0 Å². The van der Waals surface area contributed by atoms with Crippen molar-refractivity contribution in [2.24, 2.45) is 0 Å². The van der Waals surface area contributed by atoms with E-state index in [1.54, 1.807) is 0 Å². The van der Waals surface area contributed by atoms with E-state index in [0.29, 0.717) is 6.61 Å². The summed E-state index contributed by atoms with van der Waals surface area (Å²) in [4.78, 5) is 0. The Kier molecular flexibility index (Phi) is 5.24. The van der Waals surface area contributed by atoms with Crippen LogP contribution in [0.5, 0.6) is 11.5 Å². The first-order valence-corrected chi connectivity index (χ1v) is 9.71. The maximum absolute atomic E-state index is 5.86. The van der Waals surface area contributed by atoms with Crippen molar-refractivity contribution < 1.29 is 13.6 Å². The predicted molar refractivity (Wildman–Crippen MR) is 78.4 cm³/mol. The molecule has 0 bridgehead atoms. The topological polar surface area (TPSA) is 27.7 Å². The summed E-state index contributed by atoms with van der Waals surface area (Å²) in [7, 11) is 0. The van der Waals surface area contributed by atoms with Gasteiger partial charge in [0, 0.05) is 0 Å². The fourth-order valence-corrected chi connectivity index (χ4v) is 4.42. The van der Waals surface area contributed by atoms with E-state index in [-0.39, 0.29) is 0 Å². The number of para-hydroxylation sites is 2. The molecule has 0 amide bonds. The van der Waals surface area contributed by atoms with Gasteiger partial charge in [-0.25, -0.2) is 0 Å². The Balaban J connectivity index is 2.16. The normalized spacial score (nSPS) is 11.0. The second kappa shape index (κ2) is 6.93. The summed E-state index contributed by atoms with van der Waals surface area (Å²) in [6.45, 7) is 2.43. The molecule has 2 rings (SSSR count). The van der Waals surface area contributed by atoms with E-state index in [1.807, 2.05) is 67.6 Å². The van der Waals surface area contributed by atoms with Crippen LogP contribution in [0.1, 0.15) is 6.92 Å². The molecule has 0 aliphatic heterocycles. The summed E-state index contributed by atoms with van der Waals surface area (Å²) in [5.74, 6) is 1.44. The molecule has 0 fully saturated rings. The van der Waals surface area contributed by atoms with Gasteiger partial charge in [0.15, 0.2) is 0 Å². The minimum atomic E-state index is -2.54. The van der Waals surface area contributed by atoms with E-state index in [9.17, 15) is 0 Å².